The molecule has 1 aliphatic heterocycles. The van der Waals surface area contributed by atoms with Gasteiger partial charge in [-0.2, -0.15) is 0 Å². The van der Waals surface area contributed by atoms with Gasteiger partial charge in [0.15, 0.2) is 0 Å². The maximum atomic E-state index is 5.50. The molecule has 0 spiro atoms. The molecule has 1 aliphatic carbocycles. The lowest BCUT2D eigenvalue weighted by molar-refractivity contribution is 0.269. The minimum atomic E-state index is 0.633. The number of rotatable bonds is 1. The molecule has 0 bridgehead atoms. The molecule has 0 amide bonds. The standard InChI is InChI=1S/C12H16O/c1-10-5-7-11(8-6-10)12-4-2-3-9-13-12/h3-5,9,11H,2,6-8H2,1H3. The quantitative estimate of drug-likeness (QED) is 0.555. The van der Waals surface area contributed by atoms with Gasteiger partial charge in [0.05, 0.1) is 6.26 Å². The van der Waals surface area contributed by atoms with Crippen LogP contribution in [0, 0.1) is 5.92 Å². The molecule has 0 N–H and O–H groups in total. The summed E-state index contributed by atoms with van der Waals surface area (Å²) in [6, 6.07) is 0. The maximum absolute atomic E-state index is 5.50. The van der Waals surface area contributed by atoms with E-state index in [1.165, 1.54) is 24.2 Å². The lowest BCUT2D eigenvalue weighted by Crippen LogP contribution is -2.10. The van der Waals surface area contributed by atoms with Crippen molar-refractivity contribution in [3.8, 4) is 0 Å². The lowest BCUT2D eigenvalue weighted by atomic mass is 9.88. The fraction of sp³-hybridized carbons (Fsp3) is 0.500. The van der Waals surface area contributed by atoms with Gasteiger partial charge in [0.25, 0.3) is 0 Å². The van der Waals surface area contributed by atoms with E-state index in [-0.39, 0.29) is 0 Å². The molecule has 2 rings (SSSR count). The molecule has 1 atom stereocenters. The molecule has 0 saturated heterocycles. The Hall–Kier alpha value is -0.980. The predicted octanol–water partition coefficient (Wildman–Crippen LogP) is 3.55. The van der Waals surface area contributed by atoms with Gasteiger partial charge in [-0.3, -0.25) is 0 Å². The Kier molecular flexibility index (Phi) is 2.53. The molecule has 70 valence electrons. The van der Waals surface area contributed by atoms with Crippen molar-refractivity contribution in [1.29, 1.82) is 0 Å². The van der Waals surface area contributed by atoms with Crippen molar-refractivity contribution in [3.05, 3.63) is 35.8 Å². The zero-order valence-electron chi connectivity index (χ0n) is 8.12. The van der Waals surface area contributed by atoms with E-state index in [0.29, 0.717) is 5.92 Å². The van der Waals surface area contributed by atoms with Crippen molar-refractivity contribution in [2.45, 2.75) is 32.6 Å². The molecular weight excluding hydrogens is 160 g/mol. The largest absolute Gasteiger partial charge is 0.470 e. The minimum absolute atomic E-state index is 0.633. The highest BCUT2D eigenvalue weighted by molar-refractivity contribution is 5.13. The van der Waals surface area contributed by atoms with Gasteiger partial charge in [-0.25, -0.2) is 0 Å². The topological polar surface area (TPSA) is 9.23 Å². The van der Waals surface area contributed by atoms with Crippen molar-refractivity contribution in [3.63, 3.8) is 0 Å². The minimum Gasteiger partial charge on any atom is -0.470 e. The van der Waals surface area contributed by atoms with Crippen LogP contribution in [0.5, 0.6) is 0 Å². The summed E-state index contributed by atoms with van der Waals surface area (Å²) in [7, 11) is 0. The van der Waals surface area contributed by atoms with E-state index in [1.807, 2.05) is 12.3 Å². The molecule has 0 aromatic heterocycles. The summed E-state index contributed by atoms with van der Waals surface area (Å²) in [5, 5.41) is 0. The summed E-state index contributed by atoms with van der Waals surface area (Å²) in [5.74, 6) is 1.82. The van der Waals surface area contributed by atoms with Crippen LogP contribution >= 0.6 is 0 Å². The molecule has 13 heavy (non-hydrogen) atoms. The molecule has 2 aliphatic rings. The highest BCUT2D eigenvalue weighted by atomic mass is 16.5. The van der Waals surface area contributed by atoms with Gasteiger partial charge < -0.3 is 4.74 Å². The van der Waals surface area contributed by atoms with E-state index >= 15 is 0 Å². The SMILES string of the molecule is CC1=CCC(C2=CCC=CO2)CC1. The monoisotopic (exact) mass is 176 g/mol. The smallest absolute Gasteiger partial charge is 0.103 e. The first-order chi connectivity index (χ1) is 6.36. The van der Waals surface area contributed by atoms with Gasteiger partial charge in [-0.1, -0.05) is 11.6 Å². The van der Waals surface area contributed by atoms with Crippen molar-refractivity contribution in [1.82, 2.24) is 0 Å². The normalized spacial score (nSPS) is 27.6. The van der Waals surface area contributed by atoms with Crippen LogP contribution < -0.4 is 0 Å². The van der Waals surface area contributed by atoms with Gasteiger partial charge in [-0.05, 0) is 44.8 Å². The van der Waals surface area contributed by atoms with Crippen LogP contribution in [0.2, 0.25) is 0 Å². The third kappa shape index (κ3) is 2.03. The van der Waals surface area contributed by atoms with Crippen molar-refractivity contribution in [2.24, 2.45) is 5.92 Å². The third-order valence-electron chi connectivity index (χ3n) is 2.80. The second kappa shape index (κ2) is 3.82. The number of hydrogen-bond donors (Lipinski definition) is 0. The Morgan fingerprint density at radius 2 is 2.31 bits per heavy atom. The zero-order chi connectivity index (χ0) is 9.10. The van der Waals surface area contributed by atoms with Gasteiger partial charge in [0.1, 0.15) is 5.76 Å². The Balaban J connectivity index is 1.99. The molecular formula is C12H16O. The molecule has 1 heterocycles. The van der Waals surface area contributed by atoms with Crippen molar-refractivity contribution < 1.29 is 4.74 Å². The van der Waals surface area contributed by atoms with Crippen LogP contribution in [0.15, 0.2) is 35.8 Å². The first-order valence-electron chi connectivity index (χ1n) is 5.03. The van der Waals surface area contributed by atoms with E-state index in [0.717, 1.165) is 12.8 Å². The summed E-state index contributed by atoms with van der Waals surface area (Å²) in [6.45, 7) is 2.21. The Morgan fingerprint density at radius 1 is 1.38 bits per heavy atom. The Morgan fingerprint density at radius 3 is 2.92 bits per heavy atom. The Bertz CT molecular complexity index is 271. The van der Waals surface area contributed by atoms with E-state index in [9.17, 15) is 0 Å². The van der Waals surface area contributed by atoms with Crippen LogP contribution in [0.1, 0.15) is 32.6 Å². The van der Waals surface area contributed by atoms with E-state index in [4.69, 9.17) is 4.74 Å². The molecule has 0 aromatic rings. The van der Waals surface area contributed by atoms with Crippen molar-refractivity contribution >= 4 is 0 Å². The lowest BCUT2D eigenvalue weighted by Gasteiger charge is -2.23. The molecule has 0 saturated carbocycles. The molecule has 0 aromatic carbocycles. The van der Waals surface area contributed by atoms with E-state index in [1.54, 1.807) is 0 Å². The second-order valence-corrected chi connectivity index (χ2v) is 3.85. The zero-order valence-corrected chi connectivity index (χ0v) is 8.12. The number of ether oxygens (including phenoxy) is 1. The summed E-state index contributed by atoms with van der Waals surface area (Å²) in [6.07, 6.45) is 13.1. The Labute approximate surface area is 79.8 Å². The number of allylic oxidation sites excluding steroid dienone is 5. The summed E-state index contributed by atoms with van der Waals surface area (Å²) < 4.78 is 5.50. The van der Waals surface area contributed by atoms with Crippen LogP contribution in [-0.4, -0.2) is 0 Å². The predicted molar refractivity (Wildman–Crippen MR) is 54.0 cm³/mol. The van der Waals surface area contributed by atoms with Crippen LogP contribution in [0.4, 0.5) is 0 Å². The molecule has 1 unspecified atom stereocenters. The van der Waals surface area contributed by atoms with Crippen LogP contribution in [-0.2, 0) is 4.74 Å². The second-order valence-electron chi connectivity index (χ2n) is 3.85. The highest BCUT2D eigenvalue weighted by Crippen LogP contribution is 2.30. The third-order valence-corrected chi connectivity index (χ3v) is 2.80. The summed E-state index contributed by atoms with van der Waals surface area (Å²) in [5.41, 5.74) is 1.53. The van der Waals surface area contributed by atoms with Gasteiger partial charge in [-0.15, -0.1) is 0 Å². The van der Waals surface area contributed by atoms with Crippen LogP contribution in [0.25, 0.3) is 0 Å². The summed E-state index contributed by atoms with van der Waals surface area (Å²) >= 11 is 0. The summed E-state index contributed by atoms with van der Waals surface area (Å²) in [4.78, 5) is 0. The average molecular weight is 176 g/mol. The van der Waals surface area contributed by atoms with Gasteiger partial charge in [0, 0.05) is 5.92 Å². The number of hydrogen-bond acceptors (Lipinski definition) is 1. The first-order valence-corrected chi connectivity index (χ1v) is 5.03. The molecule has 1 nitrogen and oxygen atoms in total. The fourth-order valence-electron chi connectivity index (χ4n) is 1.90. The first kappa shape index (κ1) is 8.61. The van der Waals surface area contributed by atoms with E-state index in [2.05, 4.69) is 19.1 Å². The van der Waals surface area contributed by atoms with Crippen molar-refractivity contribution in [2.75, 3.05) is 0 Å². The maximum Gasteiger partial charge on any atom is 0.103 e. The van der Waals surface area contributed by atoms with E-state index < -0.39 is 0 Å². The van der Waals surface area contributed by atoms with Crippen LogP contribution in [0.3, 0.4) is 0 Å². The van der Waals surface area contributed by atoms with Gasteiger partial charge >= 0.3 is 0 Å². The average Bonchev–Trinajstić information content (AvgIpc) is 2.20. The molecule has 0 radical (unpaired) electrons. The highest BCUT2D eigenvalue weighted by Gasteiger charge is 2.18. The van der Waals surface area contributed by atoms with Gasteiger partial charge in [0.2, 0.25) is 0 Å². The molecule has 0 fully saturated rings. The molecule has 1 heteroatoms. The fourth-order valence-corrected chi connectivity index (χ4v) is 1.90.